The van der Waals surface area contributed by atoms with Crippen LogP contribution in [0.15, 0.2) is 0 Å². The van der Waals surface area contributed by atoms with Crippen LogP contribution in [0, 0.1) is 0 Å². The molecule has 166 valence electrons. The first-order chi connectivity index (χ1) is 14.1. The molecule has 1 atom stereocenters. The summed E-state index contributed by atoms with van der Waals surface area (Å²) < 4.78 is 8.89. The number of cyclic esters (lactones) is 4. The van der Waals surface area contributed by atoms with Crippen LogP contribution in [0.2, 0.25) is 0 Å². The highest BCUT2D eigenvalue weighted by atomic mass is 16.6. The van der Waals surface area contributed by atoms with Crippen molar-refractivity contribution in [2.75, 3.05) is 52.4 Å². The topological polar surface area (TPSA) is 171 Å². The molecule has 2 rings (SSSR count). The van der Waals surface area contributed by atoms with Crippen LogP contribution in [0.4, 0.5) is 0 Å². The Morgan fingerprint density at radius 2 is 1.23 bits per heavy atom. The van der Waals surface area contributed by atoms with Gasteiger partial charge in [-0.15, -0.1) is 0 Å². The lowest BCUT2D eigenvalue weighted by atomic mass is 10.1. The SMILES string of the molecule is O=C(O)CC[C@@H](C(=O)O)N(CCN1CC(=O)OC(=O)C1)CCN1CC(=O)OC(=O)C1. The highest BCUT2D eigenvalue weighted by Crippen LogP contribution is 2.11. The Kier molecular flexibility index (Phi) is 8.38. The van der Waals surface area contributed by atoms with E-state index in [0.29, 0.717) is 0 Å². The van der Waals surface area contributed by atoms with Gasteiger partial charge in [0, 0.05) is 32.6 Å². The average Bonchev–Trinajstić information content (AvgIpc) is 2.61. The minimum atomic E-state index is -1.22. The zero-order valence-corrected chi connectivity index (χ0v) is 16.2. The minimum Gasteiger partial charge on any atom is -0.481 e. The Balaban J connectivity index is 2.03. The molecular weight excluding hydrogens is 406 g/mol. The third-order valence-corrected chi connectivity index (χ3v) is 4.63. The Bertz CT molecular complexity index is 651. The summed E-state index contributed by atoms with van der Waals surface area (Å²) in [6.07, 6.45) is -0.525. The van der Waals surface area contributed by atoms with Gasteiger partial charge in [0.15, 0.2) is 0 Å². The van der Waals surface area contributed by atoms with Crippen molar-refractivity contribution in [2.45, 2.75) is 18.9 Å². The zero-order chi connectivity index (χ0) is 22.3. The van der Waals surface area contributed by atoms with Crippen molar-refractivity contribution in [3.05, 3.63) is 0 Å². The molecule has 13 nitrogen and oxygen atoms in total. The van der Waals surface area contributed by atoms with E-state index >= 15 is 0 Å². The molecule has 0 amide bonds. The number of nitrogens with zero attached hydrogens (tertiary/aromatic N) is 3. The van der Waals surface area contributed by atoms with Crippen LogP contribution in [0.3, 0.4) is 0 Å². The Morgan fingerprint density at radius 3 is 1.57 bits per heavy atom. The number of hydrogen-bond donors (Lipinski definition) is 2. The summed E-state index contributed by atoms with van der Waals surface area (Å²) in [4.78, 5) is 72.7. The lowest BCUT2D eigenvalue weighted by Gasteiger charge is -2.33. The van der Waals surface area contributed by atoms with Gasteiger partial charge in [0.25, 0.3) is 0 Å². The molecule has 2 heterocycles. The number of carbonyl (C=O) groups is 6. The third kappa shape index (κ3) is 7.50. The van der Waals surface area contributed by atoms with Gasteiger partial charge in [-0.1, -0.05) is 0 Å². The van der Waals surface area contributed by atoms with E-state index in [0.717, 1.165) is 0 Å². The Labute approximate surface area is 171 Å². The molecule has 30 heavy (non-hydrogen) atoms. The van der Waals surface area contributed by atoms with E-state index in [-0.39, 0.29) is 65.2 Å². The molecule has 0 spiro atoms. The number of morpholine rings is 2. The first kappa shape index (κ1) is 23.4. The fourth-order valence-electron chi connectivity index (χ4n) is 3.23. The van der Waals surface area contributed by atoms with Crippen LogP contribution in [-0.4, -0.2) is 119 Å². The van der Waals surface area contributed by atoms with Gasteiger partial charge < -0.3 is 19.7 Å². The van der Waals surface area contributed by atoms with Crippen molar-refractivity contribution in [1.29, 1.82) is 0 Å². The van der Waals surface area contributed by atoms with Gasteiger partial charge in [0.05, 0.1) is 26.2 Å². The van der Waals surface area contributed by atoms with Crippen LogP contribution in [0.25, 0.3) is 0 Å². The zero-order valence-electron chi connectivity index (χ0n) is 16.2. The first-order valence-corrected chi connectivity index (χ1v) is 9.24. The lowest BCUT2D eigenvalue weighted by Crippen LogP contribution is -2.52. The maximum atomic E-state index is 11.7. The molecular formula is C17H23N3O10. The van der Waals surface area contributed by atoms with Crippen LogP contribution in [0.1, 0.15) is 12.8 Å². The van der Waals surface area contributed by atoms with E-state index in [1.165, 1.54) is 14.7 Å². The van der Waals surface area contributed by atoms with Crippen molar-refractivity contribution in [3.63, 3.8) is 0 Å². The van der Waals surface area contributed by atoms with Crippen molar-refractivity contribution in [2.24, 2.45) is 0 Å². The molecule has 0 unspecified atom stereocenters. The van der Waals surface area contributed by atoms with Gasteiger partial charge in [0.1, 0.15) is 6.04 Å². The number of carbonyl (C=O) groups excluding carboxylic acids is 4. The number of hydrogen-bond acceptors (Lipinski definition) is 11. The molecule has 0 aromatic rings. The van der Waals surface area contributed by atoms with Crippen molar-refractivity contribution < 1.29 is 48.5 Å². The van der Waals surface area contributed by atoms with Gasteiger partial charge >= 0.3 is 35.8 Å². The monoisotopic (exact) mass is 429 g/mol. The fraction of sp³-hybridized carbons (Fsp3) is 0.647. The summed E-state index contributed by atoms with van der Waals surface area (Å²) in [7, 11) is 0. The van der Waals surface area contributed by atoms with Crippen molar-refractivity contribution in [3.8, 4) is 0 Å². The highest BCUT2D eigenvalue weighted by molar-refractivity contribution is 5.90. The van der Waals surface area contributed by atoms with E-state index in [2.05, 4.69) is 9.47 Å². The summed E-state index contributed by atoms with van der Waals surface area (Å²) in [6.45, 7) is 0.0553. The van der Waals surface area contributed by atoms with E-state index in [4.69, 9.17) is 5.11 Å². The number of carboxylic acids is 2. The molecule has 2 aliphatic rings. The molecule has 2 fully saturated rings. The third-order valence-electron chi connectivity index (χ3n) is 4.63. The van der Waals surface area contributed by atoms with Crippen molar-refractivity contribution >= 4 is 35.8 Å². The largest absolute Gasteiger partial charge is 0.481 e. The molecule has 13 heteroatoms. The molecule has 0 radical (unpaired) electrons. The van der Waals surface area contributed by atoms with Gasteiger partial charge in [0.2, 0.25) is 0 Å². The number of aliphatic carboxylic acids is 2. The standard InChI is InChI=1S/C17H23N3O10/c21-12(22)2-1-11(17(27)28)20(5-3-18-7-13(23)29-14(24)8-18)6-4-19-9-15(25)30-16(26)10-19/h11H,1-10H2,(H,21,22)(H,27,28)/t11-/m0/s1. The molecule has 2 aliphatic heterocycles. The predicted molar refractivity (Wildman–Crippen MR) is 94.9 cm³/mol. The highest BCUT2D eigenvalue weighted by Gasteiger charge is 2.31. The van der Waals surface area contributed by atoms with E-state index < -0.39 is 41.9 Å². The molecule has 0 aromatic carbocycles. The molecule has 2 N–H and O–H groups in total. The van der Waals surface area contributed by atoms with Crippen LogP contribution in [0.5, 0.6) is 0 Å². The minimum absolute atomic E-state index is 0.114. The molecule has 0 saturated carbocycles. The second-order valence-corrected chi connectivity index (χ2v) is 6.94. The van der Waals surface area contributed by atoms with Crippen LogP contribution in [-0.2, 0) is 38.2 Å². The van der Waals surface area contributed by atoms with Crippen molar-refractivity contribution in [1.82, 2.24) is 14.7 Å². The Hall–Kier alpha value is -2.90. The van der Waals surface area contributed by atoms with Gasteiger partial charge in [-0.3, -0.25) is 43.5 Å². The Morgan fingerprint density at radius 1 is 0.833 bits per heavy atom. The number of rotatable bonds is 11. The molecule has 0 aliphatic carbocycles. The normalized spacial score (nSPS) is 19.5. The molecule has 0 aromatic heterocycles. The second kappa shape index (κ2) is 10.8. The summed E-state index contributed by atoms with van der Waals surface area (Å²) in [6, 6.07) is -1.14. The lowest BCUT2D eigenvalue weighted by molar-refractivity contribution is -0.168. The average molecular weight is 429 g/mol. The van der Waals surface area contributed by atoms with Crippen LogP contribution >= 0.6 is 0 Å². The van der Waals surface area contributed by atoms with E-state index in [1.54, 1.807) is 0 Å². The van der Waals surface area contributed by atoms with Crippen LogP contribution < -0.4 is 0 Å². The molecule has 0 bridgehead atoms. The maximum absolute atomic E-state index is 11.7. The molecule has 2 saturated heterocycles. The quantitative estimate of drug-likeness (QED) is 0.258. The summed E-state index contributed by atoms with van der Waals surface area (Å²) in [5.41, 5.74) is 0. The number of carboxylic acid groups (broad SMARTS) is 2. The maximum Gasteiger partial charge on any atom is 0.327 e. The second-order valence-electron chi connectivity index (χ2n) is 6.94. The number of esters is 4. The summed E-state index contributed by atoms with van der Waals surface area (Å²) in [5.74, 6) is -5.19. The van der Waals surface area contributed by atoms with Gasteiger partial charge in [-0.2, -0.15) is 0 Å². The van der Waals surface area contributed by atoms with Gasteiger partial charge in [-0.25, -0.2) is 0 Å². The van der Waals surface area contributed by atoms with Gasteiger partial charge in [-0.05, 0) is 6.42 Å². The first-order valence-electron chi connectivity index (χ1n) is 9.24. The summed E-state index contributed by atoms with van der Waals surface area (Å²) in [5, 5.41) is 18.5. The number of ether oxygens (including phenoxy) is 2. The van der Waals surface area contributed by atoms with E-state index in [9.17, 15) is 33.9 Å². The predicted octanol–water partition coefficient (Wildman–Crippen LogP) is -2.62. The fourth-order valence-corrected chi connectivity index (χ4v) is 3.23. The van der Waals surface area contributed by atoms with E-state index in [1.807, 2.05) is 0 Å². The smallest absolute Gasteiger partial charge is 0.327 e. The summed E-state index contributed by atoms with van der Waals surface area (Å²) >= 11 is 0.